The van der Waals surface area contributed by atoms with E-state index < -0.39 is 5.97 Å². The predicted octanol–water partition coefficient (Wildman–Crippen LogP) is 4.70. The van der Waals surface area contributed by atoms with Crippen LogP contribution in [0.1, 0.15) is 39.1 Å². The molecule has 1 heterocycles. The van der Waals surface area contributed by atoms with Gasteiger partial charge in [-0.15, -0.1) is 11.3 Å². The Morgan fingerprint density at radius 1 is 1.13 bits per heavy atom. The minimum absolute atomic E-state index is 0.0361. The van der Waals surface area contributed by atoms with Gasteiger partial charge in [0.25, 0.3) is 0 Å². The van der Waals surface area contributed by atoms with Crippen molar-refractivity contribution in [2.24, 2.45) is 0 Å². The van der Waals surface area contributed by atoms with Crippen LogP contribution in [0.15, 0.2) is 47.8 Å². The predicted molar refractivity (Wildman–Crippen MR) is 117 cm³/mol. The number of ether oxygens (including phenoxy) is 2. The van der Waals surface area contributed by atoms with Crippen LogP contribution in [-0.4, -0.2) is 23.5 Å². The number of anilines is 1. The molecule has 1 aromatic heterocycles. The number of carbonyl (C=O) groups excluding carboxylic acids is 2. The average Bonchev–Trinajstić information content (AvgIpc) is 3.16. The van der Waals surface area contributed by atoms with Crippen LogP contribution in [0, 0.1) is 13.8 Å². The van der Waals surface area contributed by atoms with Gasteiger partial charge in [-0.3, -0.25) is 4.79 Å². The van der Waals surface area contributed by atoms with Crippen LogP contribution in [-0.2, 0) is 22.6 Å². The van der Waals surface area contributed by atoms with Crippen LogP contribution in [0.3, 0.4) is 0 Å². The lowest BCUT2D eigenvalue weighted by Crippen LogP contribution is -2.15. The van der Waals surface area contributed by atoms with Crippen molar-refractivity contribution in [2.45, 2.75) is 33.8 Å². The lowest BCUT2D eigenvalue weighted by Gasteiger charge is -2.09. The van der Waals surface area contributed by atoms with Crippen LogP contribution < -0.4 is 10.1 Å². The number of carbonyl (C=O) groups is 2. The van der Waals surface area contributed by atoms with Gasteiger partial charge in [-0.2, -0.15) is 0 Å². The molecule has 0 unspecified atom stereocenters. The summed E-state index contributed by atoms with van der Waals surface area (Å²) in [6.07, 6.45) is 0.166. The summed E-state index contributed by atoms with van der Waals surface area (Å²) in [6, 6.07) is 12.9. The standard InChI is InChI=1S/C23H24N2O4S/c1-4-28-20-8-6-5-7-18(20)23(27)29-13-17-14-30-22(24-17)12-21(26)25-19-11-15(2)9-10-16(19)3/h5-11,14H,4,12-13H2,1-3H3,(H,25,26). The van der Waals surface area contributed by atoms with Crippen molar-refractivity contribution in [1.29, 1.82) is 0 Å². The fraction of sp³-hybridized carbons (Fsp3) is 0.261. The second kappa shape index (κ2) is 10.0. The average molecular weight is 425 g/mol. The molecule has 156 valence electrons. The number of nitrogens with one attached hydrogen (secondary N) is 1. The normalized spacial score (nSPS) is 10.5. The maximum atomic E-state index is 12.4. The molecule has 0 aliphatic rings. The quantitative estimate of drug-likeness (QED) is 0.531. The number of aryl methyl sites for hydroxylation is 2. The highest BCUT2D eigenvalue weighted by atomic mass is 32.1. The van der Waals surface area contributed by atoms with E-state index in [1.54, 1.807) is 29.6 Å². The molecule has 0 bridgehead atoms. The lowest BCUT2D eigenvalue weighted by molar-refractivity contribution is -0.115. The first-order valence-corrected chi connectivity index (χ1v) is 10.5. The summed E-state index contributed by atoms with van der Waals surface area (Å²) >= 11 is 1.37. The summed E-state index contributed by atoms with van der Waals surface area (Å²) in [4.78, 5) is 29.1. The SMILES string of the molecule is CCOc1ccccc1C(=O)OCc1csc(CC(=O)Nc2cc(C)ccc2C)n1. The Hall–Kier alpha value is -3.19. The molecule has 0 radical (unpaired) electrons. The summed E-state index contributed by atoms with van der Waals surface area (Å²) in [5, 5.41) is 5.39. The molecule has 0 aliphatic carbocycles. The van der Waals surface area contributed by atoms with Gasteiger partial charge in [-0.25, -0.2) is 9.78 Å². The molecule has 0 fully saturated rings. The third-order valence-corrected chi connectivity index (χ3v) is 5.23. The maximum absolute atomic E-state index is 12.4. The minimum atomic E-state index is -0.471. The molecule has 0 aliphatic heterocycles. The molecule has 0 saturated heterocycles. The number of nitrogens with zero attached hydrogens (tertiary/aromatic N) is 1. The molecule has 3 aromatic rings. The highest BCUT2D eigenvalue weighted by Gasteiger charge is 2.15. The van der Waals surface area contributed by atoms with Crippen molar-refractivity contribution < 1.29 is 19.1 Å². The highest BCUT2D eigenvalue weighted by molar-refractivity contribution is 7.09. The van der Waals surface area contributed by atoms with Crippen molar-refractivity contribution in [3.8, 4) is 5.75 Å². The molecule has 2 aromatic carbocycles. The van der Waals surface area contributed by atoms with E-state index in [9.17, 15) is 9.59 Å². The highest BCUT2D eigenvalue weighted by Crippen LogP contribution is 2.21. The Morgan fingerprint density at radius 2 is 1.93 bits per heavy atom. The molecule has 0 atom stereocenters. The second-order valence-electron chi connectivity index (χ2n) is 6.78. The number of esters is 1. The zero-order valence-electron chi connectivity index (χ0n) is 17.2. The zero-order chi connectivity index (χ0) is 21.5. The first kappa shape index (κ1) is 21.5. The van der Waals surface area contributed by atoms with Gasteiger partial charge in [-0.05, 0) is 50.1 Å². The number of thiazole rings is 1. The van der Waals surface area contributed by atoms with E-state index in [2.05, 4.69) is 10.3 Å². The van der Waals surface area contributed by atoms with Crippen LogP contribution in [0.2, 0.25) is 0 Å². The van der Waals surface area contributed by atoms with E-state index in [0.717, 1.165) is 16.8 Å². The van der Waals surface area contributed by atoms with Crippen LogP contribution in [0.5, 0.6) is 5.75 Å². The Bertz CT molecular complexity index is 1050. The van der Waals surface area contributed by atoms with Gasteiger partial charge in [0, 0.05) is 11.1 Å². The van der Waals surface area contributed by atoms with Crippen molar-refractivity contribution in [2.75, 3.05) is 11.9 Å². The van der Waals surface area contributed by atoms with Crippen LogP contribution in [0.4, 0.5) is 5.69 Å². The molecular weight excluding hydrogens is 400 g/mol. The Morgan fingerprint density at radius 3 is 2.73 bits per heavy atom. The fourth-order valence-electron chi connectivity index (χ4n) is 2.83. The Kier molecular flexibility index (Phi) is 7.19. The van der Waals surface area contributed by atoms with Gasteiger partial charge in [0.1, 0.15) is 22.9 Å². The Labute approximate surface area is 179 Å². The largest absolute Gasteiger partial charge is 0.493 e. The number of hydrogen-bond acceptors (Lipinski definition) is 6. The number of amides is 1. The molecule has 7 heteroatoms. The summed E-state index contributed by atoms with van der Waals surface area (Å²) in [5.41, 5.74) is 3.88. The van der Waals surface area contributed by atoms with Gasteiger partial charge in [0.2, 0.25) is 5.91 Å². The van der Waals surface area contributed by atoms with Crippen molar-refractivity contribution >= 4 is 28.9 Å². The monoisotopic (exact) mass is 424 g/mol. The van der Waals surface area contributed by atoms with Gasteiger partial charge >= 0.3 is 5.97 Å². The fourth-order valence-corrected chi connectivity index (χ4v) is 3.61. The number of hydrogen-bond donors (Lipinski definition) is 1. The molecular formula is C23H24N2O4S. The van der Waals surface area contributed by atoms with Crippen LogP contribution >= 0.6 is 11.3 Å². The van der Waals surface area contributed by atoms with E-state index in [1.165, 1.54) is 11.3 Å². The number of rotatable bonds is 8. The first-order chi connectivity index (χ1) is 14.5. The summed E-state index contributed by atoms with van der Waals surface area (Å²) in [5.74, 6) is -0.111. The zero-order valence-corrected chi connectivity index (χ0v) is 18.0. The van der Waals surface area contributed by atoms with E-state index in [1.807, 2.05) is 39.0 Å². The van der Waals surface area contributed by atoms with E-state index >= 15 is 0 Å². The van der Waals surface area contributed by atoms with Gasteiger partial charge < -0.3 is 14.8 Å². The molecule has 0 saturated carbocycles. The van der Waals surface area contributed by atoms with E-state index in [-0.39, 0.29) is 18.9 Å². The summed E-state index contributed by atoms with van der Waals surface area (Å²) < 4.78 is 10.8. The van der Waals surface area contributed by atoms with Crippen LogP contribution in [0.25, 0.3) is 0 Å². The van der Waals surface area contributed by atoms with Crippen molar-refractivity contribution in [3.05, 3.63) is 75.2 Å². The number of benzene rings is 2. The van der Waals surface area contributed by atoms with Crippen molar-refractivity contribution in [3.63, 3.8) is 0 Å². The van der Waals surface area contributed by atoms with E-state index in [0.29, 0.717) is 28.6 Å². The molecule has 6 nitrogen and oxygen atoms in total. The molecule has 1 amide bonds. The lowest BCUT2D eigenvalue weighted by atomic mass is 10.1. The Balaban J connectivity index is 1.56. The molecule has 1 N–H and O–H groups in total. The number of para-hydroxylation sites is 1. The second-order valence-corrected chi connectivity index (χ2v) is 7.72. The van der Waals surface area contributed by atoms with Gasteiger partial charge in [0.05, 0.1) is 18.7 Å². The van der Waals surface area contributed by atoms with Gasteiger partial charge in [0.15, 0.2) is 0 Å². The van der Waals surface area contributed by atoms with Gasteiger partial charge in [-0.1, -0.05) is 24.3 Å². The summed E-state index contributed by atoms with van der Waals surface area (Å²) in [7, 11) is 0. The maximum Gasteiger partial charge on any atom is 0.342 e. The molecule has 30 heavy (non-hydrogen) atoms. The molecule has 0 spiro atoms. The van der Waals surface area contributed by atoms with Crippen molar-refractivity contribution in [1.82, 2.24) is 4.98 Å². The minimum Gasteiger partial charge on any atom is -0.493 e. The topological polar surface area (TPSA) is 77.5 Å². The first-order valence-electron chi connectivity index (χ1n) is 9.65. The van der Waals surface area contributed by atoms with E-state index in [4.69, 9.17) is 9.47 Å². The number of aromatic nitrogens is 1. The third kappa shape index (κ3) is 5.67. The summed E-state index contributed by atoms with van der Waals surface area (Å²) in [6.45, 7) is 6.29. The molecule has 3 rings (SSSR count). The smallest absolute Gasteiger partial charge is 0.342 e. The third-order valence-electron chi connectivity index (χ3n) is 4.34.